The average molecular weight is 124 g/mol. The fourth-order valence-corrected chi connectivity index (χ4v) is 0.817. The van der Waals surface area contributed by atoms with Gasteiger partial charge in [0.2, 0.25) is 0 Å². The first kappa shape index (κ1) is 5.70. The van der Waals surface area contributed by atoms with E-state index in [1.807, 2.05) is 17.6 Å². The van der Waals surface area contributed by atoms with Crippen LogP contribution < -0.4 is 0 Å². The SMILES string of the molecule is SC=C1C=CC=CC1. The van der Waals surface area contributed by atoms with Crippen molar-refractivity contribution in [2.24, 2.45) is 0 Å². The largest absolute Gasteiger partial charge is 0.151 e. The Labute approximate surface area is 55.0 Å². The van der Waals surface area contributed by atoms with Crippen molar-refractivity contribution in [3.05, 3.63) is 35.3 Å². The molecule has 0 aromatic rings. The Hall–Kier alpha value is -0.430. The van der Waals surface area contributed by atoms with Gasteiger partial charge in [-0.25, -0.2) is 0 Å². The minimum Gasteiger partial charge on any atom is -0.151 e. The highest BCUT2D eigenvalue weighted by molar-refractivity contribution is 7.83. The molecule has 42 valence electrons. The van der Waals surface area contributed by atoms with Crippen LogP contribution in [-0.4, -0.2) is 0 Å². The summed E-state index contributed by atoms with van der Waals surface area (Å²) >= 11 is 4.02. The lowest BCUT2D eigenvalue weighted by atomic mass is 10.1. The van der Waals surface area contributed by atoms with Crippen LogP contribution in [0.2, 0.25) is 0 Å². The van der Waals surface area contributed by atoms with Crippen LogP contribution in [0.1, 0.15) is 6.42 Å². The topological polar surface area (TPSA) is 0 Å². The molecule has 0 bridgehead atoms. The molecule has 0 spiro atoms. The fraction of sp³-hybridized carbons (Fsp3) is 0.143. The van der Waals surface area contributed by atoms with E-state index in [2.05, 4.69) is 24.8 Å². The molecule has 0 aromatic carbocycles. The number of allylic oxidation sites excluding steroid dienone is 5. The van der Waals surface area contributed by atoms with E-state index in [9.17, 15) is 0 Å². The summed E-state index contributed by atoms with van der Waals surface area (Å²) in [4.78, 5) is 0. The van der Waals surface area contributed by atoms with E-state index < -0.39 is 0 Å². The number of rotatable bonds is 0. The summed E-state index contributed by atoms with van der Waals surface area (Å²) in [7, 11) is 0. The second kappa shape index (κ2) is 2.78. The Morgan fingerprint density at radius 2 is 2.38 bits per heavy atom. The molecule has 1 aliphatic carbocycles. The first-order chi connectivity index (χ1) is 3.93. The quantitative estimate of drug-likeness (QED) is 0.471. The molecule has 1 heteroatoms. The van der Waals surface area contributed by atoms with Gasteiger partial charge in [-0.2, -0.15) is 12.6 Å². The van der Waals surface area contributed by atoms with Crippen molar-refractivity contribution < 1.29 is 0 Å². The van der Waals surface area contributed by atoms with Crippen molar-refractivity contribution >= 4 is 12.6 Å². The van der Waals surface area contributed by atoms with Gasteiger partial charge >= 0.3 is 0 Å². The molecular weight excluding hydrogens is 116 g/mol. The van der Waals surface area contributed by atoms with Gasteiger partial charge in [-0.1, -0.05) is 24.3 Å². The van der Waals surface area contributed by atoms with Crippen LogP contribution in [0.25, 0.3) is 0 Å². The summed E-state index contributed by atoms with van der Waals surface area (Å²) < 4.78 is 0. The van der Waals surface area contributed by atoms with Gasteiger partial charge in [-0.3, -0.25) is 0 Å². The van der Waals surface area contributed by atoms with Gasteiger partial charge in [-0.15, -0.1) is 0 Å². The molecular formula is C7H8S. The number of hydrogen-bond donors (Lipinski definition) is 1. The molecule has 0 aromatic heterocycles. The summed E-state index contributed by atoms with van der Waals surface area (Å²) in [5.41, 5.74) is 1.27. The molecule has 0 heterocycles. The fourth-order valence-electron chi connectivity index (χ4n) is 0.626. The predicted molar refractivity (Wildman–Crippen MR) is 40.0 cm³/mol. The second-order valence-electron chi connectivity index (χ2n) is 1.70. The molecule has 0 atom stereocenters. The lowest BCUT2D eigenvalue weighted by Gasteiger charge is -1.96. The first-order valence-corrected chi connectivity index (χ1v) is 3.11. The lowest BCUT2D eigenvalue weighted by molar-refractivity contribution is 1.27. The minimum absolute atomic E-state index is 1.03. The Bertz CT molecular complexity index is 152. The van der Waals surface area contributed by atoms with Crippen LogP contribution in [0.5, 0.6) is 0 Å². The number of hydrogen-bond acceptors (Lipinski definition) is 1. The Morgan fingerprint density at radius 3 is 2.75 bits per heavy atom. The summed E-state index contributed by atoms with van der Waals surface area (Å²) in [6.45, 7) is 0. The molecule has 0 saturated carbocycles. The maximum atomic E-state index is 4.02. The zero-order valence-electron chi connectivity index (χ0n) is 4.54. The van der Waals surface area contributed by atoms with E-state index in [4.69, 9.17) is 0 Å². The van der Waals surface area contributed by atoms with Gasteiger partial charge < -0.3 is 0 Å². The zero-order valence-corrected chi connectivity index (χ0v) is 5.44. The van der Waals surface area contributed by atoms with E-state index in [-0.39, 0.29) is 0 Å². The van der Waals surface area contributed by atoms with Gasteiger partial charge in [0, 0.05) is 0 Å². The highest BCUT2D eigenvalue weighted by Crippen LogP contribution is 2.09. The molecule has 0 unspecified atom stereocenters. The van der Waals surface area contributed by atoms with Gasteiger partial charge in [0.05, 0.1) is 0 Å². The molecule has 0 aliphatic heterocycles. The smallest absolute Gasteiger partial charge is 0.00893 e. The highest BCUT2D eigenvalue weighted by Gasteiger charge is 1.88. The molecule has 1 rings (SSSR count). The van der Waals surface area contributed by atoms with Crippen molar-refractivity contribution in [3.8, 4) is 0 Å². The molecule has 1 aliphatic rings. The maximum Gasteiger partial charge on any atom is -0.00893 e. The minimum atomic E-state index is 1.03. The summed E-state index contributed by atoms with van der Waals surface area (Å²) in [5.74, 6) is 0. The van der Waals surface area contributed by atoms with Crippen LogP contribution in [-0.2, 0) is 0 Å². The van der Waals surface area contributed by atoms with E-state index in [0.29, 0.717) is 0 Å². The lowest BCUT2D eigenvalue weighted by Crippen LogP contribution is -1.76. The highest BCUT2D eigenvalue weighted by atomic mass is 32.1. The Balaban J connectivity index is 2.66. The first-order valence-electron chi connectivity index (χ1n) is 2.60. The van der Waals surface area contributed by atoms with Crippen LogP contribution in [0, 0.1) is 0 Å². The molecule has 0 fully saturated rings. The van der Waals surface area contributed by atoms with Crippen LogP contribution in [0.4, 0.5) is 0 Å². The van der Waals surface area contributed by atoms with Crippen LogP contribution >= 0.6 is 12.6 Å². The molecule has 0 N–H and O–H groups in total. The Morgan fingerprint density at radius 1 is 1.50 bits per heavy atom. The van der Waals surface area contributed by atoms with Crippen molar-refractivity contribution in [2.75, 3.05) is 0 Å². The van der Waals surface area contributed by atoms with E-state index in [1.54, 1.807) is 0 Å². The van der Waals surface area contributed by atoms with Crippen LogP contribution in [0.3, 0.4) is 0 Å². The standard InChI is InChI=1S/C7H8S/c8-6-7-4-2-1-3-5-7/h1-4,6,8H,5H2. The summed E-state index contributed by atoms with van der Waals surface area (Å²) in [5, 5.41) is 1.83. The second-order valence-corrected chi connectivity index (χ2v) is 1.95. The van der Waals surface area contributed by atoms with Gasteiger partial charge in [0.25, 0.3) is 0 Å². The van der Waals surface area contributed by atoms with Crippen molar-refractivity contribution in [2.45, 2.75) is 6.42 Å². The molecule has 0 nitrogen and oxygen atoms in total. The predicted octanol–water partition coefficient (Wildman–Crippen LogP) is 2.32. The van der Waals surface area contributed by atoms with Gasteiger partial charge in [0.1, 0.15) is 0 Å². The molecule has 0 amide bonds. The van der Waals surface area contributed by atoms with Gasteiger partial charge in [0.15, 0.2) is 0 Å². The average Bonchev–Trinajstić information content (AvgIpc) is 1.90. The third-order valence-corrected chi connectivity index (χ3v) is 1.41. The van der Waals surface area contributed by atoms with E-state index in [0.717, 1.165) is 6.42 Å². The molecule has 0 saturated heterocycles. The van der Waals surface area contributed by atoms with Crippen molar-refractivity contribution in [1.82, 2.24) is 0 Å². The van der Waals surface area contributed by atoms with Gasteiger partial charge in [-0.05, 0) is 17.4 Å². The van der Waals surface area contributed by atoms with Crippen molar-refractivity contribution in [3.63, 3.8) is 0 Å². The van der Waals surface area contributed by atoms with E-state index >= 15 is 0 Å². The summed E-state index contributed by atoms with van der Waals surface area (Å²) in [6.07, 6.45) is 9.27. The Kier molecular flexibility index (Phi) is 1.98. The maximum absolute atomic E-state index is 4.02. The van der Waals surface area contributed by atoms with Crippen LogP contribution in [0.15, 0.2) is 35.3 Å². The third-order valence-electron chi connectivity index (χ3n) is 1.08. The summed E-state index contributed by atoms with van der Waals surface area (Å²) in [6, 6.07) is 0. The zero-order chi connectivity index (χ0) is 5.82. The normalized spacial score (nSPS) is 22.4. The van der Waals surface area contributed by atoms with E-state index in [1.165, 1.54) is 5.57 Å². The molecule has 8 heavy (non-hydrogen) atoms. The number of thiol groups is 1. The monoisotopic (exact) mass is 124 g/mol. The van der Waals surface area contributed by atoms with Crippen molar-refractivity contribution in [1.29, 1.82) is 0 Å². The third kappa shape index (κ3) is 1.27. The molecule has 0 radical (unpaired) electrons.